The summed E-state index contributed by atoms with van der Waals surface area (Å²) in [5.74, 6) is -2.84. The average Bonchev–Trinajstić information content (AvgIpc) is 3.37. The molecule has 19 nitrogen and oxygen atoms in total. The molecule has 2 heterocycles. The van der Waals surface area contributed by atoms with E-state index in [9.17, 15) is 28.8 Å². The van der Waals surface area contributed by atoms with Crippen LogP contribution >= 0.6 is 0 Å². The van der Waals surface area contributed by atoms with Crippen LogP contribution in [0.25, 0.3) is 24.3 Å². The lowest BCUT2D eigenvalue weighted by Gasteiger charge is -2.22. The normalized spacial score (nSPS) is 15.5. The smallest absolute Gasteiger partial charge is 0.337 e. The van der Waals surface area contributed by atoms with Crippen molar-refractivity contribution in [2.75, 3.05) is 46.2 Å². The summed E-state index contributed by atoms with van der Waals surface area (Å²) in [6, 6.07) is 22.4. The molecule has 0 bridgehead atoms. The molecule has 2 unspecified atom stereocenters. The second-order valence-electron chi connectivity index (χ2n) is 15.2. The van der Waals surface area contributed by atoms with Gasteiger partial charge in [0.1, 0.15) is 67.5 Å². The van der Waals surface area contributed by atoms with Crippen LogP contribution in [0, 0.1) is 0 Å². The topological polar surface area (TPSA) is 255 Å². The van der Waals surface area contributed by atoms with E-state index in [0.29, 0.717) is 30.1 Å². The maximum absolute atomic E-state index is 12.4. The zero-order valence-corrected chi connectivity index (χ0v) is 38.3. The summed E-state index contributed by atoms with van der Waals surface area (Å²) in [5.41, 5.74) is 2.71. The van der Waals surface area contributed by atoms with Gasteiger partial charge in [-0.25, -0.2) is 24.0 Å². The minimum atomic E-state index is -0.890. The lowest BCUT2D eigenvalue weighted by atomic mass is 10.1. The number of aliphatic hydroxyl groups excluding tert-OH is 3. The summed E-state index contributed by atoms with van der Waals surface area (Å²) in [5, 5.41) is 26.3. The number of ether oxygens (including phenoxy) is 10. The van der Waals surface area contributed by atoms with E-state index in [4.69, 9.17) is 62.7 Å². The van der Waals surface area contributed by atoms with Crippen LogP contribution in [0.15, 0.2) is 84.9 Å². The first kappa shape index (κ1) is 53.8. The molecule has 4 aromatic carbocycles. The Morgan fingerprint density at radius 1 is 0.443 bits per heavy atom. The van der Waals surface area contributed by atoms with Gasteiger partial charge in [-0.2, -0.15) is 0 Å². The summed E-state index contributed by atoms with van der Waals surface area (Å²) in [6.07, 6.45) is 11.9. The second kappa shape index (κ2) is 29.0. The molecular weight excluding hydrogens is 917 g/mol. The third-order valence-electron chi connectivity index (χ3n) is 9.62. The van der Waals surface area contributed by atoms with Crippen molar-refractivity contribution in [3.8, 4) is 34.5 Å². The van der Waals surface area contributed by atoms with E-state index >= 15 is 0 Å². The van der Waals surface area contributed by atoms with Crippen LogP contribution in [-0.2, 0) is 47.7 Å². The summed E-state index contributed by atoms with van der Waals surface area (Å²) in [7, 11) is 0. The van der Waals surface area contributed by atoms with Crippen LogP contribution in [0.1, 0.15) is 74.1 Å². The fraction of sp³-hybridized carbons (Fsp3) is 0.333. The SMILES string of the molecule is CCC(=O)Oc1cc(/C=C/c2ccc(OC(=O)COC3CCCCO3)cc2)cc(OC(=O)COC2CCCCO2)c1.O=C(CO)Oc1ccc(/C=C/c2cc(OC(=O)CO)cc(OC(=O)CO)c2)cc1. The molecule has 0 amide bonds. The van der Waals surface area contributed by atoms with Crippen molar-refractivity contribution in [1.29, 1.82) is 0 Å². The van der Waals surface area contributed by atoms with E-state index in [-0.39, 0.29) is 54.7 Å². The lowest BCUT2D eigenvalue weighted by molar-refractivity contribution is -0.176. The Labute approximate surface area is 403 Å². The van der Waals surface area contributed by atoms with Gasteiger partial charge in [-0.3, -0.25) is 4.79 Å². The molecule has 19 heteroatoms. The number of rotatable bonds is 20. The molecule has 6 rings (SSSR count). The summed E-state index contributed by atoms with van der Waals surface area (Å²) < 4.78 is 52.8. The number of esters is 6. The molecule has 372 valence electrons. The Balaban J connectivity index is 0.000000277. The minimum absolute atomic E-state index is 0.0400. The van der Waals surface area contributed by atoms with Crippen LogP contribution in [0.4, 0.5) is 0 Å². The number of aliphatic hydroxyl groups is 3. The van der Waals surface area contributed by atoms with Gasteiger partial charge in [-0.15, -0.1) is 0 Å². The molecule has 0 aliphatic carbocycles. The van der Waals surface area contributed by atoms with E-state index in [0.717, 1.165) is 49.7 Å². The van der Waals surface area contributed by atoms with Crippen molar-refractivity contribution >= 4 is 60.1 Å². The van der Waals surface area contributed by atoms with Crippen molar-refractivity contribution in [1.82, 2.24) is 0 Å². The quantitative estimate of drug-likeness (QED) is 0.0552. The van der Waals surface area contributed by atoms with E-state index in [1.807, 2.05) is 6.08 Å². The van der Waals surface area contributed by atoms with Crippen molar-refractivity contribution in [3.05, 3.63) is 107 Å². The predicted molar refractivity (Wildman–Crippen MR) is 248 cm³/mol. The third kappa shape index (κ3) is 19.9. The van der Waals surface area contributed by atoms with Crippen molar-refractivity contribution < 1.29 is 91.5 Å². The van der Waals surface area contributed by atoms with E-state index in [1.165, 1.54) is 24.3 Å². The summed E-state index contributed by atoms with van der Waals surface area (Å²) >= 11 is 0. The van der Waals surface area contributed by atoms with E-state index < -0.39 is 61.9 Å². The Morgan fingerprint density at radius 2 is 0.771 bits per heavy atom. The monoisotopic (exact) mass is 970 g/mol. The first-order chi connectivity index (χ1) is 33.9. The largest absolute Gasteiger partial charge is 0.426 e. The second-order valence-corrected chi connectivity index (χ2v) is 15.2. The van der Waals surface area contributed by atoms with E-state index in [2.05, 4.69) is 0 Å². The molecule has 0 saturated carbocycles. The van der Waals surface area contributed by atoms with Crippen LogP contribution in [0.5, 0.6) is 34.5 Å². The Kier molecular flexibility index (Phi) is 22.3. The first-order valence-electron chi connectivity index (χ1n) is 22.3. The van der Waals surface area contributed by atoms with Crippen molar-refractivity contribution in [2.24, 2.45) is 0 Å². The van der Waals surface area contributed by atoms with E-state index in [1.54, 1.807) is 85.8 Å². The number of carbonyl (C=O) groups excluding carboxylic acids is 6. The van der Waals surface area contributed by atoms with Gasteiger partial charge in [-0.05, 0) is 109 Å². The minimum Gasteiger partial charge on any atom is -0.426 e. The Hall–Kier alpha value is -7.10. The fourth-order valence-corrected chi connectivity index (χ4v) is 6.32. The van der Waals surface area contributed by atoms with Crippen LogP contribution in [0.2, 0.25) is 0 Å². The highest BCUT2D eigenvalue weighted by molar-refractivity contribution is 5.79. The molecule has 0 radical (unpaired) electrons. The zero-order chi connectivity index (χ0) is 50.1. The summed E-state index contributed by atoms with van der Waals surface area (Å²) in [6.45, 7) is 0.141. The van der Waals surface area contributed by atoms with Crippen LogP contribution < -0.4 is 28.4 Å². The highest BCUT2D eigenvalue weighted by atomic mass is 16.7. The molecule has 3 N–H and O–H groups in total. The predicted octanol–water partition coefficient (Wildman–Crippen LogP) is 5.62. The molecule has 2 atom stereocenters. The highest BCUT2D eigenvalue weighted by Gasteiger charge is 2.19. The first-order valence-corrected chi connectivity index (χ1v) is 22.3. The number of carbonyl (C=O) groups is 6. The van der Waals surface area contributed by atoms with Gasteiger partial charge in [0.2, 0.25) is 0 Å². The Bertz CT molecular complexity index is 2380. The van der Waals surface area contributed by atoms with Gasteiger partial charge < -0.3 is 62.7 Å². The summed E-state index contributed by atoms with van der Waals surface area (Å²) in [4.78, 5) is 70.0. The Morgan fingerprint density at radius 3 is 1.11 bits per heavy atom. The van der Waals surface area contributed by atoms with Gasteiger partial charge in [0.25, 0.3) is 0 Å². The van der Waals surface area contributed by atoms with Crippen molar-refractivity contribution in [2.45, 2.75) is 64.4 Å². The molecule has 2 aliphatic heterocycles. The molecule has 2 saturated heterocycles. The molecule has 2 fully saturated rings. The van der Waals surface area contributed by atoms with Crippen LogP contribution in [0.3, 0.4) is 0 Å². The fourth-order valence-electron chi connectivity index (χ4n) is 6.32. The molecule has 2 aliphatic rings. The average molecular weight is 971 g/mol. The van der Waals surface area contributed by atoms with Gasteiger partial charge >= 0.3 is 35.8 Å². The number of hydrogen-bond acceptors (Lipinski definition) is 19. The zero-order valence-electron chi connectivity index (χ0n) is 38.3. The molecular formula is C51H54O19. The van der Waals surface area contributed by atoms with Crippen molar-refractivity contribution in [3.63, 3.8) is 0 Å². The van der Waals surface area contributed by atoms with Gasteiger partial charge in [-0.1, -0.05) is 55.5 Å². The molecule has 4 aromatic rings. The highest BCUT2D eigenvalue weighted by Crippen LogP contribution is 2.27. The van der Waals surface area contributed by atoms with Crippen LogP contribution in [-0.4, -0.2) is 110 Å². The maximum Gasteiger partial charge on any atom is 0.337 e. The number of hydrogen-bond donors (Lipinski definition) is 3. The molecule has 0 spiro atoms. The van der Waals surface area contributed by atoms with Gasteiger partial charge in [0, 0.05) is 31.8 Å². The molecule has 0 aromatic heterocycles. The van der Waals surface area contributed by atoms with Gasteiger partial charge in [0.15, 0.2) is 12.6 Å². The lowest BCUT2D eigenvalue weighted by Crippen LogP contribution is -2.26. The standard InChI is InChI=1S/C31H36O10.C20H18O9/c1-2-27(32)40-25-17-23(18-26(19-25)41-29(34)21-38-31-8-4-6-16-36-31)10-9-22-11-13-24(14-12-22)39-28(33)20-37-30-7-3-5-15-35-30;21-10-18(24)27-15-5-3-13(4-6-15)1-2-14-7-16(28-19(25)11-22)9-17(8-14)29-20(26)12-23/h9-14,17-19,30-31H,2-8,15-16,20-21H2,1H3;1-9,21-23H,10-12H2/b10-9+;2-1+. The maximum atomic E-state index is 12.4. The molecule has 70 heavy (non-hydrogen) atoms. The van der Waals surface area contributed by atoms with Gasteiger partial charge in [0.05, 0.1) is 0 Å². The third-order valence-corrected chi connectivity index (χ3v) is 9.62. The number of benzene rings is 4.